The van der Waals surface area contributed by atoms with Gasteiger partial charge in [0.15, 0.2) is 11.5 Å². The van der Waals surface area contributed by atoms with Crippen LogP contribution in [0.15, 0.2) is 17.0 Å². The number of hydrogen-bond donors (Lipinski definition) is 0. The summed E-state index contributed by atoms with van der Waals surface area (Å²) in [5.74, 6) is 0.119. The van der Waals surface area contributed by atoms with E-state index in [2.05, 4.69) is 0 Å². The summed E-state index contributed by atoms with van der Waals surface area (Å²) in [4.78, 5) is 40.0. The lowest BCUT2D eigenvalue weighted by Crippen LogP contribution is -2.40. The Morgan fingerprint density at radius 3 is 2.56 bits per heavy atom. The highest BCUT2D eigenvalue weighted by molar-refractivity contribution is 8.18. The van der Waals surface area contributed by atoms with E-state index in [-0.39, 0.29) is 17.4 Å². The first kappa shape index (κ1) is 19.6. The van der Waals surface area contributed by atoms with Gasteiger partial charge in [-0.05, 0) is 48.4 Å². The topological polar surface area (TPSA) is 76.2 Å². The molecule has 3 rings (SSSR count). The van der Waals surface area contributed by atoms with Crippen LogP contribution in [0.1, 0.15) is 18.4 Å². The number of benzene rings is 1. The first-order valence-corrected chi connectivity index (χ1v) is 9.58. The van der Waals surface area contributed by atoms with E-state index in [1.807, 2.05) is 0 Å². The van der Waals surface area contributed by atoms with Gasteiger partial charge in [0.1, 0.15) is 6.54 Å². The summed E-state index contributed by atoms with van der Waals surface area (Å²) in [6.45, 7) is 1.12. The summed E-state index contributed by atoms with van der Waals surface area (Å²) < 4.78 is 10.4. The molecule has 0 atom stereocenters. The summed E-state index contributed by atoms with van der Waals surface area (Å²) in [6, 6.07) is 3.28. The van der Waals surface area contributed by atoms with E-state index < -0.39 is 11.1 Å². The molecule has 7 nitrogen and oxygen atoms in total. The minimum absolute atomic E-state index is 0.204. The molecule has 2 saturated heterocycles. The quantitative estimate of drug-likeness (QED) is 0.694. The number of ether oxygens (including phenoxy) is 2. The van der Waals surface area contributed by atoms with Crippen molar-refractivity contribution < 1.29 is 23.9 Å². The molecule has 0 saturated carbocycles. The van der Waals surface area contributed by atoms with Crippen LogP contribution in [0, 0.1) is 0 Å². The third kappa shape index (κ3) is 4.06. The fourth-order valence-corrected chi connectivity index (χ4v) is 4.15. The molecule has 2 aliphatic heterocycles. The van der Waals surface area contributed by atoms with Gasteiger partial charge >= 0.3 is 0 Å². The van der Waals surface area contributed by atoms with Crippen molar-refractivity contribution in [2.24, 2.45) is 0 Å². The number of imide groups is 1. The predicted molar refractivity (Wildman–Crippen MR) is 103 cm³/mol. The predicted octanol–water partition coefficient (Wildman–Crippen LogP) is 3.02. The smallest absolute Gasteiger partial charge is 0.294 e. The average Bonchev–Trinajstić information content (AvgIpc) is 3.26. The molecule has 0 aromatic heterocycles. The third-order valence-electron chi connectivity index (χ3n) is 4.38. The first-order chi connectivity index (χ1) is 12.9. The van der Waals surface area contributed by atoms with Gasteiger partial charge in [-0.1, -0.05) is 11.6 Å². The number of halogens is 1. The van der Waals surface area contributed by atoms with Crippen molar-refractivity contribution >= 4 is 46.5 Å². The number of hydrogen-bond acceptors (Lipinski definition) is 6. The second-order valence-electron chi connectivity index (χ2n) is 6.09. The van der Waals surface area contributed by atoms with Crippen LogP contribution < -0.4 is 9.47 Å². The summed E-state index contributed by atoms with van der Waals surface area (Å²) in [7, 11) is 2.96. The molecule has 2 heterocycles. The molecule has 0 spiro atoms. The fourth-order valence-electron chi connectivity index (χ4n) is 3.01. The van der Waals surface area contributed by atoms with Crippen molar-refractivity contribution in [1.29, 1.82) is 0 Å². The van der Waals surface area contributed by atoms with Crippen molar-refractivity contribution in [3.8, 4) is 11.5 Å². The van der Waals surface area contributed by atoms with Crippen LogP contribution in [-0.4, -0.2) is 60.7 Å². The molecule has 144 valence electrons. The number of methoxy groups -OCH3 is 2. The Morgan fingerprint density at radius 1 is 1.22 bits per heavy atom. The lowest BCUT2D eigenvalue weighted by atomic mass is 10.2. The van der Waals surface area contributed by atoms with Crippen molar-refractivity contribution in [3.05, 3.63) is 27.6 Å². The molecule has 1 aromatic rings. The van der Waals surface area contributed by atoms with E-state index in [4.69, 9.17) is 21.1 Å². The fraction of sp³-hybridized carbons (Fsp3) is 0.389. The van der Waals surface area contributed by atoms with E-state index in [1.54, 1.807) is 23.1 Å². The highest BCUT2D eigenvalue weighted by Gasteiger charge is 2.37. The van der Waals surface area contributed by atoms with Gasteiger partial charge in [0, 0.05) is 13.1 Å². The minimum atomic E-state index is -0.483. The number of thioether (sulfide) groups is 1. The maximum Gasteiger partial charge on any atom is 0.294 e. The van der Waals surface area contributed by atoms with Crippen LogP contribution in [0.5, 0.6) is 11.5 Å². The molecule has 2 aliphatic rings. The van der Waals surface area contributed by atoms with Crippen LogP contribution in [0.2, 0.25) is 5.02 Å². The summed E-state index contributed by atoms with van der Waals surface area (Å²) in [6.07, 6.45) is 3.46. The SMILES string of the molecule is COc1cc(/C=C2\SC(=O)N(CC(=O)N3CCCC3)C2=O)cc(Cl)c1OC. The number of likely N-dealkylation sites (tertiary alicyclic amines) is 1. The molecular weight excluding hydrogens is 392 g/mol. The summed E-state index contributed by atoms with van der Waals surface area (Å²) in [5.41, 5.74) is 0.592. The molecule has 0 aliphatic carbocycles. The van der Waals surface area contributed by atoms with Crippen LogP contribution in [0.25, 0.3) is 6.08 Å². The van der Waals surface area contributed by atoms with Crippen LogP contribution in [-0.2, 0) is 9.59 Å². The normalized spacial score (nSPS) is 18.6. The van der Waals surface area contributed by atoms with Crippen molar-refractivity contribution in [3.63, 3.8) is 0 Å². The van der Waals surface area contributed by atoms with Gasteiger partial charge in [-0.2, -0.15) is 0 Å². The Hall–Kier alpha value is -2.19. The monoisotopic (exact) mass is 410 g/mol. The zero-order valence-electron chi connectivity index (χ0n) is 15.0. The Kier molecular flexibility index (Phi) is 5.96. The van der Waals surface area contributed by atoms with E-state index in [0.29, 0.717) is 35.2 Å². The summed E-state index contributed by atoms with van der Waals surface area (Å²) >= 11 is 6.98. The lowest BCUT2D eigenvalue weighted by molar-refractivity contribution is -0.135. The molecule has 3 amide bonds. The molecule has 0 N–H and O–H groups in total. The average molecular weight is 411 g/mol. The molecule has 9 heteroatoms. The minimum Gasteiger partial charge on any atom is -0.493 e. The molecule has 0 unspecified atom stereocenters. The van der Waals surface area contributed by atoms with E-state index in [0.717, 1.165) is 29.5 Å². The second-order valence-corrected chi connectivity index (χ2v) is 7.49. The van der Waals surface area contributed by atoms with Gasteiger partial charge in [0.2, 0.25) is 5.91 Å². The molecular formula is C18H19ClN2O5S. The molecule has 0 bridgehead atoms. The second kappa shape index (κ2) is 8.22. The Bertz CT molecular complexity index is 820. The molecule has 1 aromatic carbocycles. The van der Waals surface area contributed by atoms with Gasteiger partial charge in [-0.3, -0.25) is 19.3 Å². The highest BCUT2D eigenvalue weighted by atomic mass is 35.5. The van der Waals surface area contributed by atoms with E-state index in [1.165, 1.54) is 14.2 Å². The zero-order valence-corrected chi connectivity index (χ0v) is 16.6. The van der Waals surface area contributed by atoms with Gasteiger partial charge in [0.25, 0.3) is 11.1 Å². The van der Waals surface area contributed by atoms with E-state index >= 15 is 0 Å². The van der Waals surface area contributed by atoms with Gasteiger partial charge in [-0.25, -0.2) is 0 Å². The van der Waals surface area contributed by atoms with Crippen LogP contribution in [0.4, 0.5) is 4.79 Å². The Morgan fingerprint density at radius 2 is 1.93 bits per heavy atom. The third-order valence-corrected chi connectivity index (χ3v) is 5.57. The number of carbonyl (C=O) groups excluding carboxylic acids is 3. The van der Waals surface area contributed by atoms with Crippen molar-refractivity contribution in [2.75, 3.05) is 33.9 Å². The number of nitrogens with zero attached hydrogens (tertiary/aromatic N) is 2. The number of amides is 3. The Balaban J connectivity index is 1.80. The number of carbonyl (C=O) groups is 3. The Labute approximate surface area is 166 Å². The molecule has 27 heavy (non-hydrogen) atoms. The molecule has 0 radical (unpaired) electrons. The van der Waals surface area contributed by atoms with E-state index in [9.17, 15) is 14.4 Å². The zero-order chi connectivity index (χ0) is 19.6. The van der Waals surface area contributed by atoms with Gasteiger partial charge in [0.05, 0.1) is 24.1 Å². The maximum atomic E-state index is 12.6. The van der Waals surface area contributed by atoms with Crippen LogP contribution in [0.3, 0.4) is 0 Å². The summed E-state index contributed by atoms with van der Waals surface area (Å²) in [5, 5.41) is -0.128. The highest BCUT2D eigenvalue weighted by Crippen LogP contribution is 2.38. The number of rotatable bonds is 5. The van der Waals surface area contributed by atoms with Crippen molar-refractivity contribution in [2.45, 2.75) is 12.8 Å². The van der Waals surface area contributed by atoms with Crippen molar-refractivity contribution in [1.82, 2.24) is 9.80 Å². The van der Waals surface area contributed by atoms with Gasteiger partial charge in [-0.15, -0.1) is 0 Å². The largest absolute Gasteiger partial charge is 0.493 e. The lowest BCUT2D eigenvalue weighted by Gasteiger charge is -2.18. The van der Waals surface area contributed by atoms with Crippen LogP contribution >= 0.6 is 23.4 Å². The van der Waals surface area contributed by atoms with Gasteiger partial charge < -0.3 is 14.4 Å². The standard InChI is InChI=1S/C18H19ClN2O5S/c1-25-13-8-11(7-12(19)16(13)26-2)9-14-17(23)21(18(24)27-14)10-15(22)20-5-3-4-6-20/h7-9H,3-6,10H2,1-2H3/b14-9-. The maximum absolute atomic E-state index is 12.6. The first-order valence-electron chi connectivity index (χ1n) is 8.39. The molecule has 2 fully saturated rings.